The summed E-state index contributed by atoms with van der Waals surface area (Å²) < 4.78 is 68.4. The zero-order valence-corrected chi connectivity index (χ0v) is 65.2. The second-order valence-electron chi connectivity index (χ2n) is 29.1. The van der Waals surface area contributed by atoms with E-state index in [9.17, 15) is 43.2 Å². The van der Waals surface area contributed by atoms with Crippen LogP contribution in [0.2, 0.25) is 0 Å². The molecule has 0 saturated carbocycles. The molecule has 0 aliphatic heterocycles. The maximum atomic E-state index is 13.1. The average Bonchev–Trinajstić information content (AvgIpc) is 1.55. The van der Waals surface area contributed by atoms with Gasteiger partial charge in [0.05, 0.1) is 26.4 Å². The van der Waals surface area contributed by atoms with Crippen molar-refractivity contribution in [3.63, 3.8) is 0 Å². The number of phosphoric acid groups is 2. The lowest BCUT2D eigenvalue weighted by Gasteiger charge is -2.21. The number of carbonyl (C=O) groups is 4. The molecule has 5 atom stereocenters. The molecule has 0 bridgehead atoms. The highest BCUT2D eigenvalue weighted by Crippen LogP contribution is 2.45. The van der Waals surface area contributed by atoms with Crippen LogP contribution in [0.1, 0.15) is 408 Å². The molecule has 0 aliphatic rings. The molecule has 0 aromatic carbocycles. The van der Waals surface area contributed by atoms with E-state index < -0.39 is 97.5 Å². The van der Waals surface area contributed by atoms with Crippen LogP contribution in [0, 0.1) is 11.8 Å². The van der Waals surface area contributed by atoms with Crippen LogP contribution in [0.25, 0.3) is 0 Å². The van der Waals surface area contributed by atoms with Gasteiger partial charge in [-0.05, 0) is 37.5 Å². The number of carbonyl (C=O) groups excluding carboxylic acids is 4. The Morgan fingerprint density at radius 2 is 0.474 bits per heavy atom. The summed E-state index contributed by atoms with van der Waals surface area (Å²) in [5, 5.41) is 10.6. The molecule has 17 nitrogen and oxygen atoms in total. The van der Waals surface area contributed by atoms with E-state index in [-0.39, 0.29) is 25.7 Å². The van der Waals surface area contributed by atoms with Crippen molar-refractivity contribution in [3.8, 4) is 0 Å². The predicted molar refractivity (Wildman–Crippen MR) is 395 cm³/mol. The van der Waals surface area contributed by atoms with E-state index in [4.69, 9.17) is 37.0 Å². The minimum Gasteiger partial charge on any atom is -0.462 e. The van der Waals surface area contributed by atoms with Crippen molar-refractivity contribution in [1.29, 1.82) is 0 Å². The van der Waals surface area contributed by atoms with Crippen molar-refractivity contribution in [2.24, 2.45) is 11.8 Å². The van der Waals surface area contributed by atoms with E-state index in [0.29, 0.717) is 25.7 Å². The Balaban J connectivity index is 5.12. The molecular weight excluding hydrogens is 1270 g/mol. The molecule has 0 amide bonds. The summed E-state index contributed by atoms with van der Waals surface area (Å²) in [6.45, 7) is 9.56. The summed E-state index contributed by atoms with van der Waals surface area (Å²) in [6, 6.07) is 0. The van der Waals surface area contributed by atoms with Gasteiger partial charge in [0.1, 0.15) is 19.3 Å². The number of hydrogen-bond acceptors (Lipinski definition) is 15. The van der Waals surface area contributed by atoms with Crippen molar-refractivity contribution in [2.45, 2.75) is 426 Å². The second kappa shape index (κ2) is 69.8. The third-order valence-electron chi connectivity index (χ3n) is 18.2. The van der Waals surface area contributed by atoms with E-state index in [0.717, 1.165) is 108 Å². The Morgan fingerprint density at radius 3 is 0.701 bits per heavy atom. The molecule has 0 aromatic heterocycles. The minimum atomic E-state index is -4.96. The fourth-order valence-electron chi connectivity index (χ4n) is 12.0. The smallest absolute Gasteiger partial charge is 0.462 e. The Labute approximate surface area is 594 Å². The van der Waals surface area contributed by atoms with Crippen molar-refractivity contribution in [3.05, 3.63) is 0 Å². The number of aliphatic hydroxyl groups excluding tert-OH is 1. The third-order valence-corrected chi connectivity index (χ3v) is 20.1. The van der Waals surface area contributed by atoms with Crippen LogP contribution in [0.15, 0.2) is 0 Å². The first-order valence-electron chi connectivity index (χ1n) is 40.5. The maximum Gasteiger partial charge on any atom is 0.472 e. The lowest BCUT2D eigenvalue weighted by Crippen LogP contribution is -2.30. The van der Waals surface area contributed by atoms with Gasteiger partial charge in [0.25, 0.3) is 0 Å². The number of ether oxygens (including phenoxy) is 4. The van der Waals surface area contributed by atoms with E-state index in [1.165, 1.54) is 218 Å². The number of aliphatic hydroxyl groups is 1. The monoisotopic (exact) mass is 1420 g/mol. The highest BCUT2D eigenvalue weighted by atomic mass is 31.2. The Kier molecular flexibility index (Phi) is 68.4. The summed E-state index contributed by atoms with van der Waals surface area (Å²) in [6.07, 6.45) is 58.8. The number of hydrogen-bond donors (Lipinski definition) is 3. The van der Waals surface area contributed by atoms with E-state index in [2.05, 4.69) is 41.5 Å². The molecule has 0 aromatic rings. The van der Waals surface area contributed by atoms with Gasteiger partial charge in [0.15, 0.2) is 12.2 Å². The number of esters is 4. The van der Waals surface area contributed by atoms with Gasteiger partial charge in [0, 0.05) is 25.7 Å². The molecule has 2 unspecified atom stereocenters. The first kappa shape index (κ1) is 95.1. The highest BCUT2D eigenvalue weighted by Gasteiger charge is 2.30. The van der Waals surface area contributed by atoms with Gasteiger partial charge in [-0.25, -0.2) is 9.13 Å². The number of rotatable bonds is 77. The summed E-state index contributed by atoms with van der Waals surface area (Å²) in [5.41, 5.74) is 0. The van der Waals surface area contributed by atoms with Crippen molar-refractivity contribution >= 4 is 39.5 Å². The maximum absolute atomic E-state index is 13.1. The SMILES string of the molecule is CCCCCCCCCCCCCCCCCCCC(=O)OC[C@H](COP(=O)(O)OC[C@@H](O)COP(=O)(O)OC[C@@H](COC(=O)CCCCCCC)OC(=O)CCCCCCCCCCCCCC(C)C)OC(=O)CCCCCCCCCCCCCCCCCCCCC(C)C. The van der Waals surface area contributed by atoms with Gasteiger partial charge in [-0.1, -0.05) is 356 Å². The van der Waals surface area contributed by atoms with E-state index >= 15 is 0 Å². The Hall–Kier alpha value is -1.94. The molecule has 97 heavy (non-hydrogen) atoms. The molecular formula is C78H152O17P2. The quantitative estimate of drug-likeness (QED) is 0.0222. The topological polar surface area (TPSA) is 237 Å². The standard InChI is InChI=1S/C78H152O17P2/c1-7-9-11-13-14-15-16-17-18-21-25-28-33-38-43-49-55-61-76(81)89-67-74(95-78(83)62-56-50-44-39-34-29-26-23-20-19-22-24-27-31-36-41-47-52-58-70(3)4)69-93-97(86,87)91-65-72(79)64-90-96(84,85)92-68-73(66-88-75(80)60-54-46-12-10-8-2)94-77(82)63-57-51-45-40-35-30-32-37-42-48-53-59-71(5)6/h70-74,79H,7-69H2,1-6H3,(H,84,85)(H,86,87)/t72-,73+,74+/m0/s1. The summed E-state index contributed by atoms with van der Waals surface area (Å²) >= 11 is 0. The zero-order valence-electron chi connectivity index (χ0n) is 63.4. The van der Waals surface area contributed by atoms with Crippen LogP contribution >= 0.6 is 15.6 Å². The van der Waals surface area contributed by atoms with Gasteiger partial charge < -0.3 is 33.8 Å². The van der Waals surface area contributed by atoms with Crippen LogP contribution in [0.4, 0.5) is 0 Å². The molecule has 0 saturated heterocycles. The van der Waals surface area contributed by atoms with Gasteiger partial charge >= 0.3 is 39.5 Å². The first-order chi connectivity index (χ1) is 46.9. The Bertz CT molecular complexity index is 1870. The molecule has 0 rings (SSSR count). The van der Waals surface area contributed by atoms with Gasteiger partial charge in [-0.2, -0.15) is 0 Å². The van der Waals surface area contributed by atoms with Gasteiger partial charge in [-0.15, -0.1) is 0 Å². The predicted octanol–water partition coefficient (Wildman–Crippen LogP) is 23.1. The minimum absolute atomic E-state index is 0.106. The van der Waals surface area contributed by atoms with Gasteiger partial charge in [0.2, 0.25) is 0 Å². The van der Waals surface area contributed by atoms with Crippen LogP contribution in [0.5, 0.6) is 0 Å². The number of unbranched alkanes of at least 4 members (excludes halogenated alkanes) is 47. The fraction of sp³-hybridized carbons (Fsp3) is 0.949. The van der Waals surface area contributed by atoms with Crippen LogP contribution in [-0.2, 0) is 65.4 Å². The number of phosphoric ester groups is 2. The summed E-state index contributed by atoms with van der Waals surface area (Å²) in [7, 11) is -9.90. The van der Waals surface area contributed by atoms with E-state index in [1.807, 2.05) is 0 Å². The van der Waals surface area contributed by atoms with Crippen LogP contribution in [0.3, 0.4) is 0 Å². The third kappa shape index (κ3) is 72.2. The Morgan fingerprint density at radius 1 is 0.278 bits per heavy atom. The molecule has 0 heterocycles. The molecule has 3 N–H and O–H groups in total. The van der Waals surface area contributed by atoms with E-state index in [1.54, 1.807) is 0 Å². The average molecular weight is 1420 g/mol. The highest BCUT2D eigenvalue weighted by molar-refractivity contribution is 7.47. The summed E-state index contributed by atoms with van der Waals surface area (Å²) in [5.74, 6) is -0.538. The normalized spacial score (nSPS) is 14.0. The second-order valence-corrected chi connectivity index (χ2v) is 32.0. The van der Waals surface area contributed by atoms with Crippen molar-refractivity contribution in [1.82, 2.24) is 0 Å². The molecule has 0 aliphatic carbocycles. The van der Waals surface area contributed by atoms with Crippen LogP contribution < -0.4 is 0 Å². The molecule has 0 fully saturated rings. The molecule has 576 valence electrons. The van der Waals surface area contributed by atoms with Gasteiger partial charge in [-0.3, -0.25) is 37.3 Å². The largest absolute Gasteiger partial charge is 0.472 e. The lowest BCUT2D eigenvalue weighted by molar-refractivity contribution is -0.161. The lowest BCUT2D eigenvalue weighted by atomic mass is 10.0. The van der Waals surface area contributed by atoms with Crippen molar-refractivity contribution in [2.75, 3.05) is 39.6 Å². The molecule has 0 spiro atoms. The van der Waals surface area contributed by atoms with Crippen molar-refractivity contribution < 1.29 is 80.2 Å². The molecule has 0 radical (unpaired) electrons. The zero-order chi connectivity index (χ0) is 71.4. The summed E-state index contributed by atoms with van der Waals surface area (Å²) in [4.78, 5) is 72.6. The molecule has 19 heteroatoms. The fourth-order valence-corrected chi connectivity index (χ4v) is 13.6. The van der Waals surface area contributed by atoms with Crippen LogP contribution in [-0.4, -0.2) is 96.7 Å². The first-order valence-corrected chi connectivity index (χ1v) is 43.5.